The van der Waals surface area contributed by atoms with Gasteiger partial charge in [-0.05, 0) is 20.4 Å². The molecule has 0 spiro atoms. The Labute approximate surface area is 90.4 Å². The minimum absolute atomic E-state index is 0.516. The van der Waals surface area contributed by atoms with Gasteiger partial charge < -0.3 is 15.2 Å². The van der Waals surface area contributed by atoms with Crippen molar-refractivity contribution < 1.29 is 14.6 Å². The molecule has 88 valence electrons. The molecule has 1 aliphatic rings. The standard InChI is InChI=1S/C10H20N2O3/c1-10(11-2,9(13)14)8-12-4-3-6-15-7-5-12/h11H,3-8H2,1-2H3,(H,13,14). The Kier molecular flexibility index (Phi) is 4.50. The van der Waals surface area contributed by atoms with Gasteiger partial charge in [0.15, 0.2) is 0 Å². The van der Waals surface area contributed by atoms with Gasteiger partial charge in [-0.2, -0.15) is 0 Å². The topological polar surface area (TPSA) is 61.8 Å². The van der Waals surface area contributed by atoms with Crippen LogP contribution >= 0.6 is 0 Å². The molecule has 0 aromatic heterocycles. The average Bonchev–Trinajstić information content (AvgIpc) is 2.46. The zero-order chi connectivity index (χ0) is 11.3. The highest BCUT2D eigenvalue weighted by Gasteiger charge is 2.33. The fourth-order valence-electron chi connectivity index (χ4n) is 1.66. The van der Waals surface area contributed by atoms with Crippen LogP contribution in [0.5, 0.6) is 0 Å². The Morgan fingerprint density at radius 1 is 1.53 bits per heavy atom. The molecule has 0 bridgehead atoms. The average molecular weight is 216 g/mol. The van der Waals surface area contributed by atoms with Gasteiger partial charge in [0, 0.05) is 26.2 Å². The van der Waals surface area contributed by atoms with Gasteiger partial charge in [0.25, 0.3) is 0 Å². The fourth-order valence-corrected chi connectivity index (χ4v) is 1.66. The number of ether oxygens (including phenoxy) is 1. The van der Waals surface area contributed by atoms with E-state index in [9.17, 15) is 4.79 Å². The number of likely N-dealkylation sites (N-methyl/N-ethyl adjacent to an activating group) is 1. The second-order valence-electron chi connectivity index (χ2n) is 4.13. The summed E-state index contributed by atoms with van der Waals surface area (Å²) in [6.07, 6.45) is 0.972. The third-order valence-electron chi connectivity index (χ3n) is 2.88. The Balaban J connectivity index is 2.53. The van der Waals surface area contributed by atoms with Crippen LogP contribution in [0.25, 0.3) is 0 Å². The number of nitrogens with zero attached hydrogens (tertiary/aromatic N) is 1. The van der Waals surface area contributed by atoms with Crippen LogP contribution in [0, 0.1) is 0 Å². The monoisotopic (exact) mass is 216 g/mol. The highest BCUT2D eigenvalue weighted by Crippen LogP contribution is 2.09. The zero-order valence-corrected chi connectivity index (χ0v) is 9.45. The van der Waals surface area contributed by atoms with Gasteiger partial charge in [-0.3, -0.25) is 9.69 Å². The number of carbonyl (C=O) groups is 1. The maximum atomic E-state index is 11.1. The van der Waals surface area contributed by atoms with E-state index in [-0.39, 0.29) is 0 Å². The number of carboxylic acid groups (broad SMARTS) is 1. The molecule has 1 heterocycles. The van der Waals surface area contributed by atoms with Crippen LogP contribution in [0.3, 0.4) is 0 Å². The van der Waals surface area contributed by atoms with Crippen molar-refractivity contribution in [2.75, 3.05) is 39.9 Å². The highest BCUT2D eigenvalue weighted by molar-refractivity contribution is 5.78. The van der Waals surface area contributed by atoms with Crippen molar-refractivity contribution in [3.8, 4) is 0 Å². The lowest BCUT2D eigenvalue weighted by atomic mass is 10.0. The zero-order valence-electron chi connectivity index (χ0n) is 9.45. The Hall–Kier alpha value is -0.650. The van der Waals surface area contributed by atoms with Crippen LogP contribution in [0.1, 0.15) is 13.3 Å². The molecule has 2 N–H and O–H groups in total. The van der Waals surface area contributed by atoms with Gasteiger partial charge in [-0.25, -0.2) is 0 Å². The normalized spacial score (nSPS) is 23.1. The van der Waals surface area contributed by atoms with E-state index in [1.165, 1.54) is 0 Å². The van der Waals surface area contributed by atoms with E-state index in [4.69, 9.17) is 9.84 Å². The first-order valence-corrected chi connectivity index (χ1v) is 5.31. The molecule has 5 heteroatoms. The molecule has 1 fully saturated rings. The summed E-state index contributed by atoms with van der Waals surface area (Å²) in [5, 5.41) is 12.0. The van der Waals surface area contributed by atoms with Crippen LogP contribution in [0.2, 0.25) is 0 Å². The molecular weight excluding hydrogens is 196 g/mol. The third-order valence-corrected chi connectivity index (χ3v) is 2.88. The number of carboxylic acids is 1. The molecule has 0 aliphatic carbocycles. The quantitative estimate of drug-likeness (QED) is 0.680. The van der Waals surface area contributed by atoms with Crippen molar-refractivity contribution in [1.82, 2.24) is 10.2 Å². The van der Waals surface area contributed by atoms with E-state index in [1.54, 1.807) is 14.0 Å². The first-order valence-electron chi connectivity index (χ1n) is 5.31. The van der Waals surface area contributed by atoms with Crippen molar-refractivity contribution in [2.24, 2.45) is 0 Å². The van der Waals surface area contributed by atoms with Gasteiger partial charge in [-0.15, -0.1) is 0 Å². The maximum Gasteiger partial charge on any atom is 0.324 e. The summed E-state index contributed by atoms with van der Waals surface area (Å²) in [5.74, 6) is -0.810. The fraction of sp³-hybridized carbons (Fsp3) is 0.900. The van der Waals surface area contributed by atoms with E-state index in [2.05, 4.69) is 10.2 Å². The smallest absolute Gasteiger partial charge is 0.324 e. The molecule has 1 atom stereocenters. The first-order chi connectivity index (χ1) is 7.08. The van der Waals surface area contributed by atoms with Gasteiger partial charge in [0.1, 0.15) is 5.54 Å². The van der Waals surface area contributed by atoms with E-state index in [0.29, 0.717) is 13.2 Å². The number of hydrogen-bond donors (Lipinski definition) is 2. The molecular formula is C10H20N2O3. The van der Waals surface area contributed by atoms with Crippen LogP contribution in [-0.2, 0) is 9.53 Å². The van der Waals surface area contributed by atoms with Crippen LogP contribution in [0.15, 0.2) is 0 Å². The predicted octanol–water partition coefficient (Wildman–Crippen LogP) is -0.229. The number of nitrogens with one attached hydrogen (secondary N) is 1. The third kappa shape index (κ3) is 3.44. The summed E-state index contributed by atoms with van der Waals surface area (Å²) < 4.78 is 5.32. The van der Waals surface area contributed by atoms with Crippen LogP contribution in [0.4, 0.5) is 0 Å². The molecule has 0 aromatic carbocycles. The minimum Gasteiger partial charge on any atom is -0.480 e. The van der Waals surface area contributed by atoms with E-state index >= 15 is 0 Å². The lowest BCUT2D eigenvalue weighted by molar-refractivity contribution is -0.144. The molecule has 0 amide bonds. The summed E-state index contributed by atoms with van der Waals surface area (Å²) in [7, 11) is 1.68. The van der Waals surface area contributed by atoms with E-state index in [0.717, 1.165) is 26.1 Å². The maximum absolute atomic E-state index is 11.1. The van der Waals surface area contributed by atoms with Crippen molar-refractivity contribution in [3.63, 3.8) is 0 Å². The molecule has 1 rings (SSSR count). The summed E-state index contributed by atoms with van der Waals surface area (Å²) >= 11 is 0. The van der Waals surface area contributed by atoms with Crippen LogP contribution in [-0.4, -0.2) is 61.4 Å². The van der Waals surface area contributed by atoms with Crippen molar-refractivity contribution >= 4 is 5.97 Å². The van der Waals surface area contributed by atoms with E-state index < -0.39 is 11.5 Å². The lowest BCUT2D eigenvalue weighted by Gasteiger charge is -2.31. The van der Waals surface area contributed by atoms with Gasteiger partial charge in [0.05, 0.1) is 6.61 Å². The Morgan fingerprint density at radius 2 is 2.27 bits per heavy atom. The molecule has 0 saturated carbocycles. The minimum atomic E-state index is -0.871. The summed E-state index contributed by atoms with van der Waals surface area (Å²) in [5.41, 5.74) is -0.871. The lowest BCUT2D eigenvalue weighted by Crippen LogP contribution is -2.55. The molecule has 15 heavy (non-hydrogen) atoms. The number of aliphatic carboxylic acids is 1. The number of rotatable bonds is 4. The number of hydrogen-bond acceptors (Lipinski definition) is 4. The van der Waals surface area contributed by atoms with E-state index in [1.807, 2.05) is 0 Å². The Morgan fingerprint density at radius 3 is 2.87 bits per heavy atom. The van der Waals surface area contributed by atoms with Crippen molar-refractivity contribution in [1.29, 1.82) is 0 Å². The molecule has 5 nitrogen and oxygen atoms in total. The molecule has 0 aromatic rings. The second-order valence-corrected chi connectivity index (χ2v) is 4.13. The molecule has 0 radical (unpaired) electrons. The highest BCUT2D eigenvalue weighted by atomic mass is 16.5. The molecule has 1 saturated heterocycles. The van der Waals surface area contributed by atoms with Gasteiger partial charge >= 0.3 is 5.97 Å². The van der Waals surface area contributed by atoms with Crippen molar-refractivity contribution in [3.05, 3.63) is 0 Å². The van der Waals surface area contributed by atoms with Crippen LogP contribution < -0.4 is 5.32 Å². The predicted molar refractivity (Wildman–Crippen MR) is 57.0 cm³/mol. The van der Waals surface area contributed by atoms with Gasteiger partial charge in [0.2, 0.25) is 0 Å². The molecule has 1 aliphatic heterocycles. The first kappa shape index (κ1) is 12.4. The summed E-state index contributed by atoms with van der Waals surface area (Å²) in [6, 6.07) is 0. The summed E-state index contributed by atoms with van der Waals surface area (Å²) in [4.78, 5) is 13.2. The summed E-state index contributed by atoms with van der Waals surface area (Å²) in [6.45, 7) is 5.41. The molecule has 1 unspecified atom stereocenters. The van der Waals surface area contributed by atoms with Gasteiger partial charge in [-0.1, -0.05) is 0 Å². The SMILES string of the molecule is CNC(C)(CN1CCCOCC1)C(=O)O. The Bertz CT molecular complexity index is 215. The second kappa shape index (κ2) is 5.44. The van der Waals surface area contributed by atoms with Crippen molar-refractivity contribution in [2.45, 2.75) is 18.9 Å². The largest absolute Gasteiger partial charge is 0.480 e.